The van der Waals surface area contributed by atoms with Crippen LogP contribution >= 0.6 is 11.6 Å². The van der Waals surface area contributed by atoms with E-state index in [0.29, 0.717) is 19.8 Å². The molecule has 0 aromatic heterocycles. The Balaban J connectivity index is 1.63. The molecule has 1 aromatic carbocycles. The standard InChI is InChI=1S/C19H21ClO3/c1-19(22-10-11-23-19)9-3-2-4-15-6-8-18-17(12-15)7-5-16(13-20)14-21-18/h2,4-8,12-13H,3,9-11,14H2,1H3/b4-2-,16-13-. The molecule has 2 heterocycles. The Kier molecular flexibility index (Phi) is 5.21. The van der Waals surface area contributed by atoms with Crippen molar-refractivity contribution >= 4 is 23.8 Å². The van der Waals surface area contributed by atoms with E-state index in [1.54, 1.807) is 5.54 Å². The number of ether oxygens (including phenoxy) is 3. The summed E-state index contributed by atoms with van der Waals surface area (Å²) in [6, 6.07) is 6.17. The Labute approximate surface area is 142 Å². The summed E-state index contributed by atoms with van der Waals surface area (Å²) in [5.41, 5.74) is 4.73. The summed E-state index contributed by atoms with van der Waals surface area (Å²) in [6.45, 7) is 3.88. The van der Waals surface area contributed by atoms with Crippen LogP contribution in [0.25, 0.3) is 12.2 Å². The number of hydrogen-bond acceptors (Lipinski definition) is 3. The number of fused-ring (bicyclic) bond motifs is 1. The molecule has 1 aromatic rings. The number of benzene rings is 1. The zero-order valence-corrected chi connectivity index (χ0v) is 14.0. The molecule has 1 saturated heterocycles. The van der Waals surface area contributed by atoms with Gasteiger partial charge in [0.05, 0.1) is 13.2 Å². The maximum atomic E-state index is 5.75. The van der Waals surface area contributed by atoms with Crippen molar-refractivity contribution in [3.63, 3.8) is 0 Å². The number of allylic oxidation sites excluding steroid dienone is 1. The molecule has 0 amide bonds. The van der Waals surface area contributed by atoms with E-state index in [9.17, 15) is 0 Å². The van der Waals surface area contributed by atoms with Crippen molar-refractivity contribution < 1.29 is 14.2 Å². The Morgan fingerprint density at radius 2 is 2.04 bits per heavy atom. The van der Waals surface area contributed by atoms with Crippen molar-refractivity contribution in [2.75, 3.05) is 19.8 Å². The molecule has 3 nitrogen and oxygen atoms in total. The third-order valence-corrected chi connectivity index (χ3v) is 4.30. The lowest BCUT2D eigenvalue weighted by molar-refractivity contribution is -0.145. The third kappa shape index (κ3) is 4.25. The summed E-state index contributed by atoms with van der Waals surface area (Å²) in [7, 11) is 0. The van der Waals surface area contributed by atoms with Gasteiger partial charge < -0.3 is 14.2 Å². The van der Waals surface area contributed by atoms with Crippen LogP contribution in [-0.2, 0) is 9.47 Å². The third-order valence-electron chi connectivity index (χ3n) is 4.02. The van der Waals surface area contributed by atoms with Crippen molar-refractivity contribution in [1.29, 1.82) is 0 Å². The lowest BCUT2D eigenvalue weighted by Crippen LogP contribution is -2.24. The molecule has 23 heavy (non-hydrogen) atoms. The van der Waals surface area contributed by atoms with Gasteiger partial charge in [-0.15, -0.1) is 0 Å². The largest absolute Gasteiger partial charge is 0.488 e. The maximum absolute atomic E-state index is 5.75. The van der Waals surface area contributed by atoms with Gasteiger partial charge in [-0.2, -0.15) is 0 Å². The van der Waals surface area contributed by atoms with Gasteiger partial charge in [-0.25, -0.2) is 0 Å². The predicted molar refractivity (Wildman–Crippen MR) is 93.5 cm³/mol. The van der Waals surface area contributed by atoms with E-state index in [4.69, 9.17) is 25.8 Å². The first-order valence-electron chi connectivity index (χ1n) is 7.87. The molecule has 4 heteroatoms. The van der Waals surface area contributed by atoms with Crippen molar-refractivity contribution in [3.05, 3.63) is 52.6 Å². The minimum absolute atomic E-state index is 0.418. The molecule has 0 radical (unpaired) electrons. The lowest BCUT2D eigenvalue weighted by atomic mass is 10.1. The summed E-state index contributed by atoms with van der Waals surface area (Å²) >= 11 is 5.75. The quantitative estimate of drug-likeness (QED) is 0.794. The van der Waals surface area contributed by atoms with E-state index < -0.39 is 5.79 Å². The minimum atomic E-state index is -0.418. The molecule has 1 fully saturated rings. The number of halogens is 1. The Morgan fingerprint density at radius 3 is 2.83 bits per heavy atom. The highest BCUT2D eigenvalue weighted by Crippen LogP contribution is 2.27. The number of rotatable bonds is 4. The van der Waals surface area contributed by atoms with Crippen LogP contribution in [0.15, 0.2) is 41.5 Å². The number of hydrogen-bond donors (Lipinski definition) is 0. The van der Waals surface area contributed by atoms with Crippen molar-refractivity contribution in [1.82, 2.24) is 0 Å². The molecule has 0 spiro atoms. The minimum Gasteiger partial charge on any atom is -0.488 e. The molecular weight excluding hydrogens is 312 g/mol. The SMILES string of the molecule is CC1(CC/C=C\c2ccc3c(c2)C=C/C(=C/Cl)CO3)OCCO1. The fraction of sp³-hybridized carbons (Fsp3) is 0.368. The molecule has 3 rings (SSSR count). The van der Waals surface area contributed by atoms with Gasteiger partial charge in [0.25, 0.3) is 0 Å². The van der Waals surface area contributed by atoms with E-state index in [2.05, 4.69) is 24.3 Å². The van der Waals surface area contributed by atoms with Crippen LogP contribution in [0.3, 0.4) is 0 Å². The second kappa shape index (κ2) is 7.35. The second-order valence-corrected chi connectivity index (χ2v) is 6.09. The van der Waals surface area contributed by atoms with Crippen LogP contribution in [0.2, 0.25) is 0 Å². The van der Waals surface area contributed by atoms with Gasteiger partial charge in [-0.1, -0.05) is 42.0 Å². The Bertz CT molecular complexity index is 640. The van der Waals surface area contributed by atoms with E-state index in [1.807, 2.05) is 25.1 Å². The Hall–Kier alpha value is -1.55. The van der Waals surface area contributed by atoms with Gasteiger partial charge in [0.2, 0.25) is 0 Å². The first kappa shape index (κ1) is 16.3. The van der Waals surface area contributed by atoms with Crippen molar-refractivity contribution in [2.24, 2.45) is 0 Å². The second-order valence-electron chi connectivity index (χ2n) is 5.88. The fourth-order valence-corrected chi connectivity index (χ4v) is 2.81. The lowest BCUT2D eigenvalue weighted by Gasteiger charge is -2.21. The Morgan fingerprint density at radius 1 is 1.22 bits per heavy atom. The van der Waals surface area contributed by atoms with E-state index in [0.717, 1.165) is 35.3 Å². The molecule has 0 N–H and O–H groups in total. The maximum Gasteiger partial charge on any atom is 0.166 e. The molecule has 122 valence electrons. The molecule has 2 aliphatic rings. The predicted octanol–water partition coefficient (Wildman–Crippen LogP) is 4.77. The summed E-state index contributed by atoms with van der Waals surface area (Å²) in [5.74, 6) is 0.464. The summed E-state index contributed by atoms with van der Waals surface area (Å²) in [4.78, 5) is 0. The van der Waals surface area contributed by atoms with Gasteiger partial charge in [0.1, 0.15) is 12.4 Å². The zero-order valence-electron chi connectivity index (χ0n) is 13.3. The molecular formula is C19H21ClO3. The van der Waals surface area contributed by atoms with Crippen LogP contribution in [0.5, 0.6) is 5.75 Å². The first-order valence-corrected chi connectivity index (χ1v) is 8.31. The van der Waals surface area contributed by atoms with Crippen molar-refractivity contribution in [3.8, 4) is 5.75 Å². The highest BCUT2D eigenvalue weighted by molar-refractivity contribution is 6.25. The van der Waals surface area contributed by atoms with Crippen LogP contribution < -0.4 is 4.74 Å². The molecule has 0 saturated carbocycles. The molecule has 0 atom stereocenters. The monoisotopic (exact) mass is 332 g/mol. The van der Waals surface area contributed by atoms with E-state index in [-0.39, 0.29) is 0 Å². The van der Waals surface area contributed by atoms with Gasteiger partial charge in [0, 0.05) is 23.1 Å². The van der Waals surface area contributed by atoms with Gasteiger partial charge in [0.15, 0.2) is 5.79 Å². The topological polar surface area (TPSA) is 27.7 Å². The summed E-state index contributed by atoms with van der Waals surface area (Å²) < 4.78 is 16.9. The normalized spacial score (nSPS) is 21.4. The van der Waals surface area contributed by atoms with E-state index in [1.165, 1.54) is 0 Å². The first-order chi connectivity index (χ1) is 11.2. The van der Waals surface area contributed by atoms with Crippen molar-refractivity contribution in [2.45, 2.75) is 25.6 Å². The summed E-state index contributed by atoms with van der Waals surface area (Å²) in [5, 5.41) is 0. The van der Waals surface area contributed by atoms with Crippen LogP contribution in [0.1, 0.15) is 30.9 Å². The summed E-state index contributed by atoms with van der Waals surface area (Å²) in [6.07, 6.45) is 10.1. The van der Waals surface area contributed by atoms with Crippen LogP contribution in [-0.4, -0.2) is 25.6 Å². The van der Waals surface area contributed by atoms with Gasteiger partial charge in [-0.05, 0) is 31.0 Å². The molecule has 0 unspecified atom stereocenters. The molecule has 2 aliphatic heterocycles. The fourth-order valence-electron chi connectivity index (χ4n) is 2.67. The highest BCUT2D eigenvalue weighted by atomic mass is 35.5. The van der Waals surface area contributed by atoms with Crippen LogP contribution in [0, 0.1) is 0 Å². The average Bonchev–Trinajstić information content (AvgIpc) is 2.89. The van der Waals surface area contributed by atoms with E-state index >= 15 is 0 Å². The average molecular weight is 333 g/mol. The molecule has 0 aliphatic carbocycles. The van der Waals surface area contributed by atoms with Crippen LogP contribution in [0.4, 0.5) is 0 Å². The zero-order chi connectivity index (χ0) is 16.1. The highest BCUT2D eigenvalue weighted by Gasteiger charge is 2.29. The smallest absolute Gasteiger partial charge is 0.166 e. The van der Waals surface area contributed by atoms with Gasteiger partial charge in [-0.3, -0.25) is 0 Å². The van der Waals surface area contributed by atoms with Gasteiger partial charge >= 0.3 is 0 Å². The molecule has 0 bridgehead atoms.